The van der Waals surface area contributed by atoms with Crippen LogP contribution >= 0.6 is 0 Å². The predicted octanol–water partition coefficient (Wildman–Crippen LogP) is 8.10. The zero-order chi connectivity index (χ0) is 22.2. The maximum absolute atomic E-state index is 11.8. The normalized spacial score (nSPS) is 41.9. The summed E-state index contributed by atoms with van der Waals surface area (Å²) in [5, 5.41) is 0. The van der Waals surface area contributed by atoms with E-state index in [1.807, 2.05) is 6.92 Å². The number of fused-ring (bicyclic) bond motifs is 5. The van der Waals surface area contributed by atoms with Crippen LogP contribution in [0.15, 0.2) is 11.6 Å². The van der Waals surface area contributed by atoms with Gasteiger partial charge < -0.3 is 4.74 Å². The molecular weight excluding hydrogens is 380 g/mol. The molecule has 0 saturated heterocycles. The van der Waals surface area contributed by atoms with Crippen molar-refractivity contribution in [2.45, 2.75) is 124 Å². The maximum atomic E-state index is 11.8. The lowest BCUT2D eigenvalue weighted by Gasteiger charge is -2.58. The molecule has 0 radical (unpaired) electrons. The molecule has 0 aliphatic heterocycles. The van der Waals surface area contributed by atoms with Crippen molar-refractivity contribution < 1.29 is 9.53 Å². The molecule has 0 amide bonds. The van der Waals surface area contributed by atoms with Crippen LogP contribution in [0.5, 0.6) is 0 Å². The Labute approximate surface area is 192 Å². The maximum Gasteiger partial charge on any atom is 0.305 e. The van der Waals surface area contributed by atoms with E-state index in [1.165, 1.54) is 64.2 Å². The molecule has 0 heterocycles. The number of esters is 1. The van der Waals surface area contributed by atoms with E-state index in [0.717, 1.165) is 42.4 Å². The number of hydrogen-bond acceptors (Lipinski definition) is 2. The lowest BCUT2D eigenvalue weighted by Crippen LogP contribution is -2.50. The highest BCUT2D eigenvalue weighted by Crippen LogP contribution is 2.66. The van der Waals surface area contributed by atoms with Crippen LogP contribution in [0.25, 0.3) is 0 Å². The molecule has 0 N–H and O–H groups in total. The molecule has 0 bridgehead atoms. The lowest BCUT2D eigenvalue weighted by atomic mass is 9.47. The first-order valence-corrected chi connectivity index (χ1v) is 13.7. The van der Waals surface area contributed by atoms with Gasteiger partial charge in [-0.3, -0.25) is 4.79 Å². The van der Waals surface area contributed by atoms with E-state index in [9.17, 15) is 4.79 Å². The Kier molecular flexibility index (Phi) is 6.95. The molecule has 176 valence electrons. The molecule has 0 spiro atoms. The van der Waals surface area contributed by atoms with Gasteiger partial charge in [0, 0.05) is 12.8 Å². The minimum atomic E-state index is -0.0262. The highest BCUT2D eigenvalue weighted by molar-refractivity contribution is 5.69. The van der Waals surface area contributed by atoms with Crippen LogP contribution in [-0.4, -0.2) is 12.1 Å². The molecule has 7 unspecified atom stereocenters. The fraction of sp³-hybridized carbons (Fsp3) is 0.897. The summed E-state index contributed by atoms with van der Waals surface area (Å²) >= 11 is 0. The van der Waals surface area contributed by atoms with E-state index in [2.05, 4.69) is 33.8 Å². The first-order valence-electron chi connectivity index (χ1n) is 13.7. The monoisotopic (exact) mass is 428 g/mol. The Bertz CT molecular complexity index is 678. The number of rotatable bonds is 7. The number of carbonyl (C=O) groups is 1. The molecule has 4 aliphatic rings. The standard InChI is InChI=1S/C29H48O2/c1-6-27(30)31-23-15-17-29(5)22(19-23)11-13-24-25-14-12-21(10-8-7-9-20(2)3)28(25,4)18-16-26(24)29/h11,20-21,23-26H,6-10,12-19H2,1-5H3. The summed E-state index contributed by atoms with van der Waals surface area (Å²) in [6.07, 6.45) is 19.3. The molecule has 2 nitrogen and oxygen atoms in total. The summed E-state index contributed by atoms with van der Waals surface area (Å²) < 4.78 is 5.75. The van der Waals surface area contributed by atoms with Crippen LogP contribution in [0, 0.1) is 40.4 Å². The molecule has 0 aromatic carbocycles. The average molecular weight is 429 g/mol. The average Bonchev–Trinajstić information content (AvgIpc) is 3.07. The quantitative estimate of drug-likeness (QED) is 0.232. The molecule has 0 aromatic heterocycles. The van der Waals surface area contributed by atoms with Crippen LogP contribution in [-0.2, 0) is 9.53 Å². The van der Waals surface area contributed by atoms with Crippen LogP contribution in [0.3, 0.4) is 0 Å². The summed E-state index contributed by atoms with van der Waals surface area (Å²) in [7, 11) is 0. The zero-order valence-corrected chi connectivity index (χ0v) is 21.1. The van der Waals surface area contributed by atoms with Crippen molar-refractivity contribution in [2.75, 3.05) is 0 Å². The number of unbranched alkanes of at least 4 members (excludes halogenated alkanes) is 1. The Hall–Kier alpha value is -0.790. The Morgan fingerprint density at radius 3 is 2.65 bits per heavy atom. The molecule has 4 rings (SSSR count). The molecule has 3 saturated carbocycles. The third-order valence-corrected chi connectivity index (χ3v) is 10.4. The van der Waals surface area contributed by atoms with E-state index >= 15 is 0 Å². The van der Waals surface area contributed by atoms with Gasteiger partial charge in [-0.2, -0.15) is 0 Å². The fourth-order valence-electron chi connectivity index (χ4n) is 8.52. The van der Waals surface area contributed by atoms with Crippen molar-refractivity contribution in [1.82, 2.24) is 0 Å². The Balaban J connectivity index is 1.42. The molecule has 3 fully saturated rings. The SMILES string of the molecule is CCC(=O)OC1CCC2(C)C(=CCC3C2CCC2(C)C(CCCCC(C)C)CCC32)C1. The van der Waals surface area contributed by atoms with E-state index in [0.29, 0.717) is 17.3 Å². The Morgan fingerprint density at radius 2 is 1.90 bits per heavy atom. The van der Waals surface area contributed by atoms with E-state index in [4.69, 9.17) is 4.74 Å². The smallest absolute Gasteiger partial charge is 0.305 e. The van der Waals surface area contributed by atoms with Gasteiger partial charge in [0.15, 0.2) is 0 Å². The third-order valence-electron chi connectivity index (χ3n) is 10.4. The van der Waals surface area contributed by atoms with Crippen LogP contribution in [0.2, 0.25) is 0 Å². The van der Waals surface area contributed by atoms with Crippen molar-refractivity contribution >= 4 is 5.97 Å². The van der Waals surface area contributed by atoms with Gasteiger partial charge in [0.05, 0.1) is 0 Å². The summed E-state index contributed by atoms with van der Waals surface area (Å²) in [4.78, 5) is 11.8. The van der Waals surface area contributed by atoms with Gasteiger partial charge in [-0.1, -0.05) is 65.5 Å². The summed E-state index contributed by atoms with van der Waals surface area (Å²) in [5.41, 5.74) is 2.57. The summed E-state index contributed by atoms with van der Waals surface area (Å²) in [6.45, 7) is 11.9. The lowest BCUT2D eigenvalue weighted by molar-refractivity contribution is -0.151. The second-order valence-electron chi connectivity index (χ2n) is 12.5. The molecule has 31 heavy (non-hydrogen) atoms. The van der Waals surface area contributed by atoms with Gasteiger partial charge in [0.2, 0.25) is 0 Å². The van der Waals surface area contributed by atoms with Crippen molar-refractivity contribution in [3.8, 4) is 0 Å². The van der Waals surface area contributed by atoms with E-state index in [1.54, 1.807) is 5.57 Å². The largest absolute Gasteiger partial charge is 0.462 e. The van der Waals surface area contributed by atoms with Crippen LogP contribution < -0.4 is 0 Å². The molecule has 2 heteroatoms. The molecule has 4 aliphatic carbocycles. The fourth-order valence-corrected chi connectivity index (χ4v) is 8.52. The van der Waals surface area contributed by atoms with E-state index in [-0.39, 0.29) is 12.1 Å². The van der Waals surface area contributed by atoms with Crippen LogP contribution in [0.4, 0.5) is 0 Å². The van der Waals surface area contributed by atoms with Crippen molar-refractivity contribution in [3.63, 3.8) is 0 Å². The first-order chi connectivity index (χ1) is 14.8. The summed E-state index contributed by atoms with van der Waals surface area (Å²) in [6, 6.07) is 0. The number of carbonyl (C=O) groups excluding carboxylic acids is 1. The molecule has 7 atom stereocenters. The van der Waals surface area contributed by atoms with Gasteiger partial charge in [0.1, 0.15) is 6.10 Å². The second-order valence-corrected chi connectivity index (χ2v) is 12.5. The van der Waals surface area contributed by atoms with E-state index < -0.39 is 0 Å². The minimum absolute atomic E-state index is 0.0262. The van der Waals surface area contributed by atoms with Gasteiger partial charge in [0.25, 0.3) is 0 Å². The highest BCUT2D eigenvalue weighted by Gasteiger charge is 2.58. The van der Waals surface area contributed by atoms with Crippen molar-refractivity contribution in [2.24, 2.45) is 40.4 Å². The van der Waals surface area contributed by atoms with Crippen LogP contribution in [0.1, 0.15) is 118 Å². The topological polar surface area (TPSA) is 26.3 Å². The van der Waals surface area contributed by atoms with Gasteiger partial charge in [-0.15, -0.1) is 0 Å². The molecule has 0 aromatic rings. The first kappa shape index (κ1) is 23.4. The van der Waals surface area contributed by atoms with Crippen molar-refractivity contribution in [3.05, 3.63) is 11.6 Å². The third kappa shape index (κ3) is 4.39. The minimum Gasteiger partial charge on any atom is -0.462 e. The van der Waals surface area contributed by atoms with Gasteiger partial charge >= 0.3 is 5.97 Å². The number of ether oxygens (including phenoxy) is 1. The highest BCUT2D eigenvalue weighted by atomic mass is 16.5. The predicted molar refractivity (Wildman–Crippen MR) is 129 cm³/mol. The molecular formula is C29H48O2. The Morgan fingerprint density at radius 1 is 1.10 bits per heavy atom. The summed E-state index contributed by atoms with van der Waals surface area (Å²) in [5.74, 6) is 4.48. The van der Waals surface area contributed by atoms with Gasteiger partial charge in [-0.05, 0) is 91.8 Å². The zero-order valence-electron chi connectivity index (χ0n) is 21.1. The number of hydrogen-bond donors (Lipinski definition) is 0. The van der Waals surface area contributed by atoms with Crippen molar-refractivity contribution in [1.29, 1.82) is 0 Å². The van der Waals surface area contributed by atoms with Gasteiger partial charge in [-0.25, -0.2) is 0 Å². The second kappa shape index (κ2) is 9.22. The number of allylic oxidation sites excluding steroid dienone is 1.